The molecule has 2 N–H and O–H groups in total. The summed E-state index contributed by atoms with van der Waals surface area (Å²) in [5.74, 6) is 0. The molecule has 0 spiro atoms. The molecule has 21 heavy (non-hydrogen) atoms. The van der Waals surface area contributed by atoms with Gasteiger partial charge in [0.2, 0.25) is 5.13 Å². The Bertz CT molecular complexity index is 789. The largest absolute Gasteiger partial charge is 0.325 e. The number of hydrogen-bond donors (Lipinski definition) is 1. The Morgan fingerprint density at radius 3 is 2.52 bits per heavy atom. The summed E-state index contributed by atoms with van der Waals surface area (Å²) in [6, 6.07) is 6.27. The van der Waals surface area contributed by atoms with E-state index in [4.69, 9.17) is 5.73 Å². The van der Waals surface area contributed by atoms with Crippen LogP contribution in [0.1, 0.15) is 21.8 Å². The van der Waals surface area contributed by atoms with Gasteiger partial charge >= 0.3 is 0 Å². The molecule has 0 unspecified atom stereocenters. The highest BCUT2D eigenvalue weighted by Gasteiger charge is 2.18. The second-order valence-electron chi connectivity index (χ2n) is 4.90. The van der Waals surface area contributed by atoms with Gasteiger partial charge in [-0.3, -0.25) is 0 Å². The molecule has 2 heterocycles. The van der Waals surface area contributed by atoms with E-state index in [9.17, 15) is 0 Å². The van der Waals surface area contributed by atoms with Crippen LogP contribution in [0, 0.1) is 20.8 Å². The topological polar surface area (TPSA) is 82.5 Å². The van der Waals surface area contributed by atoms with Crippen molar-refractivity contribution in [3.63, 3.8) is 0 Å². The summed E-state index contributed by atoms with van der Waals surface area (Å²) in [7, 11) is 0. The summed E-state index contributed by atoms with van der Waals surface area (Å²) in [5, 5.41) is 18.2. The lowest BCUT2D eigenvalue weighted by Crippen LogP contribution is -2.03. The van der Waals surface area contributed by atoms with Crippen molar-refractivity contribution in [3.05, 3.63) is 40.0 Å². The fraction of sp³-hybridized carbons (Fsp3) is 0.286. The zero-order valence-electron chi connectivity index (χ0n) is 12.2. The van der Waals surface area contributed by atoms with Gasteiger partial charge in [0.15, 0.2) is 0 Å². The summed E-state index contributed by atoms with van der Waals surface area (Å²) in [5.41, 5.74) is 11.0. The Kier molecular flexibility index (Phi) is 3.52. The molecule has 0 saturated heterocycles. The zero-order chi connectivity index (χ0) is 15.0. The Hall–Kier alpha value is -2.12. The average Bonchev–Trinajstić information content (AvgIpc) is 3.07. The van der Waals surface area contributed by atoms with Crippen LogP contribution in [0.25, 0.3) is 16.4 Å². The normalized spacial score (nSPS) is 11.0. The molecular weight excluding hydrogens is 284 g/mol. The molecule has 0 aliphatic carbocycles. The van der Waals surface area contributed by atoms with Crippen molar-refractivity contribution in [1.82, 2.24) is 25.2 Å². The van der Waals surface area contributed by atoms with Gasteiger partial charge in [-0.2, -0.15) is 4.68 Å². The van der Waals surface area contributed by atoms with Gasteiger partial charge in [-0.1, -0.05) is 28.7 Å². The first-order valence-electron chi connectivity index (χ1n) is 6.63. The van der Waals surface area contributed by atoms with E-state index >= 15 is 0 Å². The van der Waals surface area contributed by atoms with Gasteiger partial charge in [-0.05, 0) is 38.0 Å². The number of nitrogens with zero attached hydrogens (tertiary/aromatic N) is 5. The molecule has 1 aromatic carbocycles. The Balaban J connectivity index is 2.20. The lowest BCUT2D eigenvalue weighted by atomic mass is 10.0. The van der Waals surface area contributed by atoms with Crippen molar-refractivity contribution in [1.29, 1.82) is 0 Å². The van der Waals surface area contributed by atoms with E-state index in [1.165, 1.54) is 22.5 Å². The number of hydrogen-bond acceptors (Lipinski definition) is 6. The van der Waals surface area contributed by atoms with Gasteiger partial charge in [0.25, 0.3) is 0 Å². The average molecular weight is 300 g/mol. The predicted octanol–water partition coefficient (Wildman–Crippen LogP) is 2.17. The number of benzene rings is 1. The van der Waals surface area contributed by atoms with Crippen molar-refractivity contribution in [2.24, 2.45) is 5.73 Å². The van der Waals surface area contributed by atoms with Crippen molar-refractivity contribution < 1.29 is 0 Å². The second kappa shape index (κ2) is 5.34. The molecule has 0 aliphatic rings. The summed E-state index contributed by atoms with van der Waals surface area (Å²) in [6.45, 7) is 6.43. The minimum Gasteiger partial charge on any atom is -0.325 e. The van der Waals surface area contributed by atoms with E-state index in [-0.39, 0.29) is 0 Å². The molecule has 0 bridgehead atoms. The van der Waals surface area contributed by atoms with Crippen LogP contribution in [-0.2, 0) is 6.54 Å². The van der Waals surface area contributed by atoms with E-state index in [0.717, 1.165) is 22.0 Å². The minimum atomic E-state index is 0.333. The van der Waals surface area contributed by atoms with E-state index in [1.54, 1.807) is 4.68 Å². The molecule has 2 aromatic heterocycles. The first kappa shape index (κ1) is 13.8. The maximum absolute atomic E-state index is 5.80. The van der Waals surface area contributed by atoms with E-state index in [1.807, 2.05) is 6.92 Å². The van der Waals surface area contributed by atoms with Crippen LogP contribution in [0.4, 0.5) is 0 Å². The van der Waals surface area contributed by atoms with Crippen LogP contribution >= 0.6 is 11.3 Å². The molecule has 6 nitrogen and oxygen atoms in total. The van der Waals surface area contributed by atoms with Gasteiger partial charge < -0.3 is 5.73 Å². The number of nitrogens with two attached hydrogens (primary N) is 1. The molecule has 108 valence electrons. The molecular formula is C14H16N6S. The molecule has 0 radical (unpaired) electrons. The number of aryl methyl sites for hydroxylation is 3. The third kappa shape index (κ3) is 2.45. The molecule has 3 rings (SSSR count). The van der Waals surface area contributed by atoms with Gasteiger partial charge in [0.05, 0.1) is 0 Å². The fourth-order valence-corrected chi connectivity index (χ4v) is 2.78. The Labute approximate surface area is 126 Å². The molecule has 0 aliphatic heterocycles. The number of rotatable bonds is 3. The maximum atomic E-state index is 5.80. The monoisotopic (exact) mass is 300 g/mol. The van der Waals surface area contributed by atoms with Gasteiger partial charge in [-0.25, -0.2) is 0 Å². The Morgan fingerprint density at radius 2 is 1.90 bits per heavy atom. The summed E-state index contributed by atoms with van der Waals surface area (Å²) >= 11 is 1.48. The first-order chi connectivity index (χ1) is 10.1. The third-order valence-corrected chi connectivity index (χ3v) is 4.22. The molecule has 7 heteroatoms. The van der Waals surface area contributed by atoms with Crippen LogP contribution < -0.4 is 5.73 Å². The number of aromatic nitrogens is 5. The lowest BCUT2D eigenvalue weighted by Gasteiger charge is -2.07. The molecule has 0 amide bonds. The fourth-order valence-electron chi connectivity index (χ4n) is 2.13. The SMILES string of the molecule is Cc1nnc(-n2nnc(CN)c2-c2ccc(C)c(C)c2)s1. The van der Waals surface area contributed by atoms with Crippen molar-refractivity contribution in [2.45, 2.75) is 27.3 Å². The van der Waals surface area contributed by atoms with Crippen LogP contribution in [0.3, 0.4) is 0 Å². The quantitative estimate of drug-likeness (QED) is 0.801. The minimum absolute atomic E-state index is 0.333. The molecule has 0 fully saturated rings. The summed E-state index contributed by atoms with van der Waals surface area (Å²) in [4.78, 5) is 0. The van der Waals surface area contributed by atoms with Crippen molar-refractivity contribution in [3.8, 4) is 16.4 Å². The van der Waals surface area contributed by atoms with Crippen molar-refractivity contribution >= 4 is 11.3 Å². The van der Waals surface area contributed by atoms with Gasteiger partial charge in [0.1, 0.15) is 16.4 Å². The Morgan fingerprint density at radius 1 is 1.10 bits per heavy atom. The van der Waals surface area contributed by atoms with E-state index in [0.29, 0.717) is 11.7 Å². The first-order valence-corrected chi connectivity index (χ1v) is 7.44. The molecule has 0 atom stereocenters. The molecule has 3 aromatic rings. The maximum Gasteiger partial charge on any atom is 0.234 e. The zero-order valence-corrected chi connectivity index (χ0v) is 13.0. The van der Waals surface area contributed by atoms with Crippen LogP contribution in [0.5, 0.6) is 0 Å². The molecule has 0 saturated carbocycles. The highest BCUT2D eigenvalue weighted by Crippen LogP contribution is 2.27. The van der Waals surface area contributed by atoms with Crippen LogP contribution in [0.2, 0.25) is 0 Å². The predicted molar refractivity (Wildman–Crippen MR) is 82.4 cm³/mol. The highest BCUT2D eigenvalue weighted by atomic mass is 32.1. The second-order valence-corrected chi connectivity index (χ2v) is 6.06. The van der Waals surface area contributed by atoms with E-state index in [2.05, 4.69) is 52.6 Å². The summed E-state index contributed by atoms with van der Waals surface area (Å²) < 4.78 is 1.72. The smallest absolute Gasteiger partial charge is 0.234 e. The van der Waals surface area contributed by atoms with Gasteiger partial charge in [0, 0.05) is 12.1 Å². The van der Waals surface area contributed by atoms with Crippen LogP contribution in [-0.4, -0.2) is 25.2 Å². The van der Waals surface area contributed by atoms with Crippen LogP contribution in [0.15, 0.2) is 18.2 Å². The van der Waals surface area contributed by atoms with E-state index < -0.39 is 0 Å². The lowest BCUT2D eigenvalue weighted by molar-refractivity contribution is 0.782. The summed E-state index contributed by atoms with van der Waals surface area (Å²) in [6.07, 6.45) is 0. The van der Waals surface area contributed by atoms with Crippen molar-refractivity contribution in [2.75, 3.05) is 0 Å². The standard InChI is InChI=1S/C14H16N6S/c1-8-4-5-11(6-9(8)2)13-12(7-15)17-19-20(13)14-18-16-10(3)21-14/h4-6H,7,15H2,1-3H3. The third-order valence-electron chi connectivity index (χ3n) is 3.41. The van der Waals surface area contributed by atoms with Gasteiger partial charge in [-0.15, -0.1) is 15.3 Å². The highest BCUT2D eigenvalue weighted by molar-refractivity contribution is 7.13.